The lowest BCUT2D eigenvalue weighted by atomic mass is 9.90. The summed E-state index contributed by atoms with van der Waals surface area (Å²) >= 11 is 0. The third-order valence-electron chi connectivity index (χ3n) is 6.41. The Balaban J connectivity index is 0.000000459. The average Bonchev–Trinajstić information content (AvgIpc) is 3.49. The quantitative estimate of drug-likeness (QED) is 0.0792. The molecule has 0 aliphatic heterocycles. The van der Waals surface area contributed by atoms with Crippen molar-refractivity contribution in [2.75, 3.05) is 11.9 Å². The molecule has 2 aromatic heterocycles. The number of hydrogen-bond acceptors (Lipinski definition) is 8. The van der Waals surface area contributed by atoms with Crippen molar-refractivity contribution < 1.29 is 50.9 Å². The van der Waals surface area contributed by atoms with Gasteiger partial charge in [-0.3, -0.25) is 10.2 Å². The number of carboxylic acids is 2. The van der Waals surface area contributed by atoms with Crippen molar-refractivity contribution >= 4 is 40.5 Å². The van der Waals surface area contributed by atoms with Crippen LogP contribution in [0, 0.1) is 12.3 Å². The number of carbonyl (C=O) groups is 3. The highest BCUT2D eigenvalue weighted by atomic mass is 19.4. The molecule has 1 amide bonds. The van der Waals surface area contributed by atoms with Gasteiger partial charge in [-0.15, -0.1) is 0 Å². The largest absolute Gasteiger partial charge is 0.490 e. The highest BCUT2D eigenvalue weighted by molar-refractivity contribution is 5.96. The minimum Gasteiger partial charge on any atom is -0.475 e. The van der Waals surface area contributed by atoms with Gasteiger partial charge in [0.2, 0.25) is 5.82 Å². The van der Waals surface area contributed by atoms with E-state index >= 15 is 0 Å². The van der Waals surface area contributed by atoms with E-state index in [4.69, 9.17) is 30.9 Å². The molecule has 8 N–H and O–H groups in total. The second-order valence-electron chi connectivity index (χ2n) is 10.1. The SMILES string of the molecule is Cc1ccc2nc(C(=O)NCCCn3ccnc3)nc(NC3CCCCC3NC(=N)N)c2c1.O=C(O)C(F)(F)F.O=C(O)C(F)(F)F. The van der Waals surface area contributed by atoms with E-state index < -0.39 is 24.3 Å². The summed E-state index contributed by atoms with van der Waals surface area (Å²) in [6.07, 6.45) is 0.0174. The van der Waals surface area contributed by atoms with Crippen LogP contribution < -0.4 is 21.7 Å². The van der Waals surface area contributed by atoms with Gasteiger partial charge in [0.05, 0.1) is 11.8 Å². The van der Waals surface area contributed by atoms with E-state index in [1.165, 1.54) is 0 Å². The van der Waals surface area contributed by atoms with E-state index in [-0.39, 0.29) is 29.8 Å². The van der Waals surface area contributed by atoms with Crippen LogP contribution in [0.25, 0.3) is 10.9 Å². The van der Waals surface area contributed by atoms with Crippen LogP contribution in [0.4, 0.5) is 32.2 Å². The van der Waals surface area contributed by atoms with Gasteiger partial charge in [0.25, 0.3) is 5.91 Å². The smallest absolute Gasteiger partial charge is 0.475 e. The van der Waals surface area contributed by atoms with Gasteiger partial charge < -0.3 is 36.5 Å². The molecule has 2 unspecified atom stereocenters. The van der Waals surface area contributed by atoms with Crippen LogP contribution in [0.2, 0.25) is 0 Å². The Morgan fingerprint density at radius 2 is 1.62 bits per heavy atom. The van der Waals surface area contributed by atoms with Crippen molar-refractivity contribution in [1.82, 2.24) is 30.2 Å². The number of halogens is 6. The van der Waals surface area contributed by atoms with Crippen LogP contribution in [0.15, 0.2) is 36.9 Å². The number of alkyl halides is 6. The van der Waals surface area contributed by atoms with Gasteiger partial charge in [0.1, 0.15) is 5.82 Å². The molecule has 20 heteroatoms. The van der Waals surface area contributed by atoms with E-state index in [1.807, 2.05) is 35.9 Å². The zero-order valence-corrected chi connectivity index (χ0v) is 24.8. The Bertz CT molecular complexity index is 1490. The van der Waals surface area contributed by atoms with E-state index in [0.29, 0.717) is 17.9 Å². The van der Waals surface area contributed by atoms with E-state index in [1.54, 1.807) is 12.5 Å². The molecule has 258 valence electrons. The van der Waals surface area contributed by atoms with Crippen molar-refractivity contribution in [2.45, 2.75) is 70.0 Å². The Labute approximate surface area is 263 Å². The first kappa shape index (κ1) is 38.0. The first-order valence-electron chi connectivity index (χ1n) is 13.9. The van der Waals surface area contributed by atoms with Crippen LogP contribution in [0.5, 0.6) is 0 Å². The summed E-state index contributed by atoms with van der Waals surface area (Å²) in [4.78, 5) is 43.8. The van der Waals surface area contributed by atoms with Crippen LogP contribution in [-0.4, -0.2) is 84.5 Å². The van der Waals surface area contributed by atoms with E-state index in [2.05, 4.69) is 30.9 Å². The highest BCUT2D eigenvalue weighted by Crippen LogP contribution is 2.27. The number of carboxylic acid groups (broad SMARTS) is 2. The summed E-state index contributed by atoms with van der Waals surface area (Å²) in [5.41, 5.74) is 7.41. The zero-order valence-electron chi connectivity index (χ0n) is 24.8. The third kappa shape index (κ3) is 13.0. The fourth-order valence-corrected chi connectivity index (χ4v) is 4.27. The molecular formula is C27H33F6N9O5. The summed E-state index contributed by atoms with van der Waals surface area (Å²) in [7, 11) is 0. The van der Waals surface area contributed by atoms with Crippen molar-refractivity contribution in [1.29, 1.82) is 5.41 Å². The number of fused-ring (bicyclic) bond motifs is 1. The lowest BCUT2D eigenvalue weighted by molar-refractivity contribution is -0.193. The maximum absolute atomic E-state index is 12.8. The molecular weight excluding hydrogens is 644 g/mol. The van der Waals surface area contributed by atoms with Crippen LogP contribution in [0.1, 0.15) is 48.3 Å². The monoisotopic (exact) mass is 677 g/mol. The number of nitrogens with zero attached hydrogens (tertiary/aromatic N) is 4. The molecule has 0 bridgehead atoms. The van der Waals surface area contributed by atoms with Crippen molar-refractivity contribution in [3.05, 3.63) is 48.3 Å². The first-order valence-corrected chi connectivity index (χ1v) is 13.9. The molecule has 14 nitrogen and oxygen atoms in total. The molecule has 1 fully saturated rings. The number of nitrogens with two attached hydrogens (primary N) is 1. The van der Waals surface area contributed by atoms with Crippen molar-refractivity contribution in [3.63, 3.8) is 0 Å². The van der Waals surface area contributed by atoms with Gasteiger partial charge in [0, 0.05) is 43.0 Å². The fraction of sp³-hybridized carbons (Fsp3) is 0.444. The van der Waals surface area contributed by atoms with E-state index in [9.17, 15) is 31.1 Å². The minimum absolute atomic E-state index is 0.0338. The second-order valence-corrected chi connectivity index (χ2v) is 10.1. The molecule has 4 rings (SSSR count). The first-order chi connectivity index (χ1) is 21.9. The van der Waals surface area contributed by atoms with Gasteiger partial charge in [-0.05, 0) is 38.3 Å². The molecule has 2 heterocycles. The maximum atomic E-state index is 12.8. The number of aliphatic carboxylic acids is 2. The number of hydrogen-bond donors (Lipinski definition) is 7. The molecule has 0 spiro atoms. The van der Waals surface area contributed by atoms with Crippen molar-refractivity contribution in [3.8, 4) is 0 Å². The number of carbonyl (C=O) groups excluding carboxylic acids is 1. The van der Waals surface area contributed by atoms with Crippen LogP contribution in [-0.2, 0) is 16.1 Å². The molecule has 0 radical (unpaired) electrons. The summed E-state index contributed by atoms with van der Waals surface area (Å²) in [6.45, 7) is 3.31. The van der Waals surface area contributed by atoms with Gasteiger partial charge in [-0.25, -0.2) is 24.5 Å². The Kier molecular flexibility index (Phi) is 13.7. The Morgan fingerprint density at radius 1 is 1.02 bits per heavy atom. The van der Waals surface area contributed by atoms with Crippen LogP contribution in [0.3, 0.4) is 0 Å². The number of nitrogens with one attached hydrogen (secondary N) is 4. The van der Waals surface area contributed by atoms with Crippen LogP contribution >= 0.6 is 0 Å². The minimum atomic E-state index is -5.08. The van der Waals surface area contributed by atoms with E-state index in [0.717, 1.165) is 49.6 Å². The average molecular weight is 678 g/mol. The summed E-state index contributed by atoms with van der Waals surface area (Å²) in [5.74, 6) is -5.07. The number of imidazole rings is 1. The Hall–Kier alpha value is -5.17. The molecule has 1 aliphatic carbocycles. The second kappa shape index (κ2) is 16.9. The predicted octanol–water partition coefficient (Wildman–Crippen LogP) is 3.43. The summed E-state index contributed by atoms with van der Waals surface area (Å²) < 4.78 is 65.4. The number of anilines is 1. The molecule has 1 aromatic carbocycles. The third-order valence-corrected chi connectivity index (χ3v) is 6.41. The Morgan fingerprint density at radius 3 is 2.15 bits per heavy atom. The number of aryl methyl sites for hydroxylation is 2. The number of aromatic nitrogens is 4. The fourth-order valence-electron chi connectivity index (χ4n) is 4.27. The molecule has 0 saturated heterocycles. The van der Waals surface area contributed by atoms with Gasteiger partial charge in [-0.2, -0.15) is 26.3 Å². The number of benzene rings is 1. The normalized spacial score (nSPS) is 16.1. The molecule has 3 aromatic rings. The van der Waals surface area contributed by atoms with Gasteiger partial charge in [0.15, 0.2) is 5.96 Å². The maximum Gasteiger partial charge on any atom is 0.490 e. The van der Waals surface area contributed by atoms with Gasteiger partial charge in [-0.1, -0.05) is 24.5 Å². The highest BCUT2D eigenvalue weighted by Gasteiger charge is 2.39. The number of rotatable bonds is 8. The molecule has 1 saturated carbocycles. The lowest BCUT2D eigenvalue weighted by Gasteiger charge is -2.33. The lowest BCUT2D eigenvalue weighted by Crippen LogP contribution is -2.50. The number of amides is 1. The topological polar surface area (TPSA) is 221 Å². The zero-order chi connectivity index (χ0) is 35.4. The molecule has 1 aliphatic rings. The number of guanidine groups is 1. The summed E-state index contributed by atoms with van der Waals surface area (Å²) in [5, 5.41) is 32.3. The molecule has 2 atom stereocenters. The molecule has 47 heavy (non-hydrogen) atoms. The standard InChI is InChI=1S/C23H31N9O.2C2HF3O2/c1-15-7-8-17-16(13-15)20(29-18-5-2-3-6-19(18)30-23(24)25)31-21(28-17)22(33)27-9-4-11-32-12-10-26-14-32;2*3-2(4,5)1(6)7/h7-8,10,12-14,18-19H,2-6,9,11H2,1H3,(H,27,33)(H4,24,25,30)(H,28,29,31);2*(H,6,7). The summed E-state index contributed by atoms with van der Waals surface area (Å²) in [6, 6.07) is 6.01. The van der Waals surface area contributed by atoms with Crippen molar-refractivity contribution in [2.24, 2.45) is 5.73 Å². The van der Waals surface area contributed by atoms with Gasteiger partial charge >= 0.3 is 24.3 Å². The predicted molar refractivity (Wildman–Crippen MR) is 156 cm³/mol.